The summed E-state index contributed by atoms with van der Waals surface area (Å²) >= 11 is 5.87. The number of anilines is 1. The fraction of sp³-hybridized carbons (Fsp3) is 0.143. The Kier molecular flexibility index (Phi) is 4.02. The molecule has 0 saturated heterocycles. The minimum absolute atomic E-state index is 0.0432. The van der Waals surface area contributed by atoms with Gasteiger partial charge >= 0.3 is 5.69 Å². The number of nitro groups is 1. The van der Waals surface area contributed by atoms with E-state index in [1.165, 1.54) is 6.07 Å². The van der Waals surface area contributed by atoms with Crippen LogP contribution < -0.4 is 5.32 Å². The fourth-order valence-electron chi connectivity index (χ4n) is 1.88. The third-order valence-corrected chi connectivity index (χ3v) is 3.15. The third-order valence-electron chi connectivity index (χ3n) is 2.84. The number of halogens is 1. The number of rotatable bonds is 4. The van der Waals surface area contributed by atoms with Crippen LogP contribution in [-0.4, -0.2) is 4.92 Å². The molecule has 1 unspecified atom stereocenters. The molecule has 1 atom stereocenters. The minimum atomic E-state index is -0.470. The molecule has 0 aliphatic carbocycles. The smallest absolute Gasteiger partial charge is 0.310 e. The van der Waals surface area contributed by atoms with Crippen LogP contribution in [0.3, 0.4) is 0 Å². The number of hydrogen-bond donors (Lipinski definition) is 1. The minimum Gasteiger partial charge on any atom is -0.373 e. The molecule has 4 nitrogen and oxygen atoms in total. The summed E-state index contributed by atoms with van der Waals surface area (Å²) in [5, 5.41) is 14.3. The van der Waals surface area contributed by atoms with E-state index in [0.29, 0.717) is 5.69 Å². The fourth-order valence-corrected chi connectivity index (χ4v) is 2.12. The second kappa shape index (κ2) is 5.71. The highest BCUT2D eigenvalue weighted by Crippen LogP contribution is 2.34. The first-order valence-corrected chi connectivity index (χ1v) is 6.22. The molecule has 0 aliphatic heterocycles. The van der Waals surface area contributed by atoms with Crippen molar-refractivity contribution in [2.24, 2.45) is 0 Å². The van der Waals surface area contributed by atoms with Gasteiger partial charge < -0.3 is 5.32 Å². The Hall–Kier alpha value is -2.07. The van der Waals surface area contributed by atoms with E-state index >= 15 is 0 Å². The molecule has 98 valence electrons. The Balaban J connectivity index is 2.29. The maximum absolute atomic E-state index is 11.0. The van der Waals surface area contributed by atoms with Gasteiger partial charge in [-0.15, -0.1) is 0 Å². The van der Waals surface area contributed by atoms with E-state index in [4.69, 9.17) is 11.6 Å². The van der Waals surface area contributed by atoms with Crippen LogP contribution in [0.1, 0.15) is 18.5 Å². The lowest BCUT2D eigenvalue weighted by molar-refractivity contribution is -0.383. The Bertz CT molecular complexity index is 587. The van der Waals surface area contributed by atoms with Crippen molar-refractivity contribution < 1.29 is 4.92 Å². The lowest BCUT2D eigenvalue weighted by Crippen LogP contribution is -2.08. The van der Waals surface area contributed by atoms with Gasteiger partial charge in [-0.2, -0.15) is 0 Å². The molecule has 0 spiro atoms. The zero-order chi connectivity index (χ0) is 13.8. The van der Waals surface area contributed by atoms with Gasteiger partial charge in [0.15, 0.2) is 0 Å². The van der Waals surface area contributed by atoms with Crippen molar-refractivity contribution in [3.05, 3.63) is 69.2 Å². The van der Waals surface area contributed by atoms with Gasteiger partial charge in [0.2, 0.25) is 0 Å². The number of nitrogens with one attached hydrogen (secondary N) is 1. The predicted octanol–water partition coefficient (Wildman–Crippen LogP) is 4.42. The monoisotopic (exact) mass is 276 g/mol. The van der Waals surface area contributed by atoms with Crippen LogP contribution in [0, 0.1) is 10.1 Å². The second-order valence-electron chi connectivity index (χ2n) is 4.17. The van der Waals surface area contributed by atoms with Crippen LogP contribution in [0.4, 0.5) is 11.4 Å². The lowest BCUT2D eigenvalue weighted by atomic mass is 10.1. The summed E-state index contributed by atoms with van der Waals surface area (Å²) in [4.78, 5) is 10.6. The SMILES string of the molecule is CC(Nc1cccc(Cl)c1[N+](=O)[O-])c1ccccc1. The molecule has 1 N–H and O–H groups in total. The van der Waals surface area contributed by atoms with E-state index in [-0.39, 0.29) is 16.8 Å². The van der Waals surface area contributed by atoms with Crippen LogP contribution >= 0.6 is 11.6 Å². The Labute approximate surface area is 116 Å². The third kappa shape index (κ3) is 3.03. The first-order valence-electron chi connectivity index (χ1n) is 5.84. The van der Waals surface area contributed by atoms with Crippen molar-refractivity contribution in [3.8, 4) is 0 Å². The van der Waals surface area contributed by atoms with E-state index < -0.39 is 4.92 Å². The van der Waals surface area contributed by atoms with Gasteiger partial charge in [0.25, 0.3) is 0 Å². The van der Waals surface area contributed by atoms with Crippen molar-refractivity contribution >= 4 is 23.0 Å². The van der Waals surface area contributed by atoms with E-state index in [0.717, 1.165) is 5.56 Å². The highest BCUT2D eigenvalue weighted by molar-refractivity contribution is 6.33. The normalized spacial score (nSPS) is 11.9. The zero-order valence-electron chi connectivity index (χ0n) is 10.3. The molecule has 0 heterocycles. The standard InChI is InChI=1S/C14H13ClN2O2/c1-10(11-6-3-2-4-7-11)16-13-9-5-8-12(15)14(13)17(18)19/h2-10,16H,1H3. The molecule has 0 amide bonds. The maximum atomic E-state index is 11.0. The van der Waals surface area contributed by atoms with Gasteiger partial charge in [-0.25, -0.2) is 0 Å². The predicted molar refractivity (Wildman–Crippen MR) is 76.6 cm³/mol. The number of para-hydroxylation sites is 1. The summed E-state index contributed by atoms with van der Waals surface area (Å²) < 4.78 is 0. The van der Waals surface area contributed by atoms with Gasteiger partial charge in [-0.3, -0.25) is 10.1 Å². The average molecular weight is 277 g/mol. The highest BCUT2D eigenvalue weighted by atomic mass is 35.5. The molecule has 2 rings (SSSR count). The number of nitrogens with zero attached hydrogens (tertiary/aromatic N) is 1. The van der Waals surface area contributed by atoms with Crippen LogP contribution in [0.5, 0.6) is 0 Å². The summed E-state index contributed by atoms with van der Waals surface area (Å²) in [6, 6.07) is 14.5. The van der Waals surface area contributed by atoms with Gasteiger partial charge in [0.1, 0.15) is 10.7 Å². The molecule has 0 saturated carbocycles. The molecule has 0 radical (unpaired) electrons. The summed E-state index contributed by atoms with van der Waals surface area (Å²) in [5.41, 5.74) is 1.39. The van der Waals surface area contributed by atoms with E-state index in [2.05, 4.69) is 5.32 Å². The Morgan fingerprint density at radius 1 is 1.16 bits per heavy atom. The van der Waals surface area contributed by atoms with Crippen molar-refractivity contribution in [3.63, 3.8) is 0 Å². The molecular formula is C14H13ClN2O2. The quantitative estimate of drug-likeness (QED) is 0.664. The molecule has 2 aromatic rings. The maximum Gasteiger partial charge on any atom is 0.310 e. The average Bonchev–Trinajstić information content (AvgIpc) is 2.39. The summed E-state index contributed by atoms with van der Waals surface area (Å²) in [5.74, 6) is 0. The van der Waals surface area contributed by atoms with E-state index in [9.17, 15) is 10.1 Å². The van der Waals surface area contributed by atoms with Gasteiger partial charge in [0, 0.05) is 6.04 Å². The largest absolute Gasteiger partial charge is 0.373 e. The Morgan fingerprint density at radius 3 is 2.47 bits per heavy atom. The number of nitro benzene ring substituents is 1. The van der Waals surface area contributed by atoms with E-state index in [1.54, 1.807) is 12.1 Å². The molecule has 0 aliphatic rings. The van der Waals surface area contributed by atoms with Crippen LogP contribution in [0.2, 0.25) is 5.02 Å². The zero-order valence-corrected chi connectivity index (χ0v) is 11.1. The molecular weight excluding hydrogens is 264 g/mol. The van der Waals surface area contributed by atoms with Gasteiger partial charge in [-0.05, 0) is 24.6 Å². The van der Waals surface area contributed by atoms with E-state index in [1.807, 2.05) is 37.3 Å². The first kappa shape index (κ1) is 13.4. The summed E-state index contributed by atoms with van der Waals surface area (Å²) in [7, 11) is 0. The van der Waals surface area contributed by atoms with Crippen molar-refractivity contribution in [2.45, 2.75) is 13.0 Å². The topological polar surface area (TPSA) is 55.2 Å². The van der Waals surface area contributed by atoms with Gasteiger partial charge in [-0.1, -0.05) is 48.0 Å². The molecule has 0 fully saturated rings. The van der Waals surface area contributed by atoms with Crippen LogP contribution in [0.25, 0.3) is 0 Å². The summed E-state index contributed by atoms with van der Waals surface area (Å²) in [6.45, 7) is 1.94. The summed E-state index contributed by atoms with van der Waals surface area (Å²) in [6.07, 6.45) is 0. The van der Waals surface area contributed by atoms with Crippen LogP contribution in [0.15, 0.2) is 48.5 Å². The molecule has 5 heteroatoms. The molecule has 2 aromatic carbocycles. The number of hydrogen-bond acceptors (Lipinski definition) is 3. The molecule has 19 heavy (non-hydrogen) atoms. The first-order chi connectivity index (χ1) is 9.09. The molecule has 0 aromatic heterocycles. The highest BCUT2D eigenvalue weighted by Gasteiger charge is 2.19. The molecule has 0 bridgehead atoms. The van der Waals surface area contributed by atoms with Gasteiger partial charge in [0.05, 0.1) is 4.92 Å². The number of benzene rings is 2. The van der Waals surface area contributed by atoms with Crippen molar-refractivity contribution in [1.29, 1.82) is 0 Å². The second-order valence-corrected chi connectivity index (χ2v) is 4.58. The Morgan fingerprint density at radius 2 is 1.84 bits per heavy atom. The van der Waals surface area contributed by atoms with Crippen molar-refractivity contribution in [2.75, 3.05) is 5.32 Å². The van der Waals surface area contributed by atoms with Crippen LogP contribution in [-0.2, 0) is 0 Å². The van der Waals surface area contributed by atoms with Crippen molar-refractivity contribution in [1.82, 2.24) is 0 Å². The lowest BCUT2D eigenvalue weighted by Gasteiger charge is -2.15.